The van der Waals surface area contributed by atoms with Gasteiger partial charge in [-0.05, 0) is 35.7 Å². The summed E-state index contributed by atoms with van der Waals surface area (Å²) >= 11 is 0. The van der Waals surface area contributed by atoms with Crippen molar-refractivity contribution in [1.29, 1.82) is 0 Å². The van der Waals surface area contributed by atoms with Crippen molar-refractivity contribution in [3.05, 3.63) is 70.8 Å². The second kappa shape index (κ2) is 7.83. The molecule has 7 heteroatoms. The monoisotopic (exact) mass is 350 g/mol. The Kier molecular flexibility index (Phi) is 5.80. The van der Waals surface area contributed by atoms with Crippen molar-refractivity contribution in [3.8, 4) is 0 Å². The van der Waals surface area contributed by atoms with E-state index in [1.54, 1.807) is 31.2 Å². The van der Waals surface area contributed by atoms with Crippen molar-refractivity contribution in [1.82, 2.24) is 10.9 Å². The third-order valence-electron chi connectivity index (χ3n) is 3.57. The zero-order chi connectivity index (χ0) is 18.4. The highest BCUT2D eigenvalue weighted by molar-refractivity contribution is 5.96. The lowest BCUT2D eigenvalue weighted by molar-refractivity contribution is -0.137. The molecular formula is C18H17F3N2O2. The predicted molar refractivity (Wildman–Crippen MR) is 86.6 cm³/mol. The number of rotatable bonds is 4. The van der Waals surface area contributed by atoms with E-state index in [0.29, 0.717) is 23.1 Å². The van der Waals surface area contributed by atoms with Crippen LogP contribution in [0, 0.1) is 0 Å². The molecule has 0 bridgehead atoms. The van der Waals surface area contributed by atoms with Gasteiger partial charge in [-0.25, -0.2) is 0 Å². The van der Waals surface area contributed by atoms with E-state index in [4.69, 9.17) is 0 Å². The highest BCUT2D eigenvalue weighted by Crippen LogP contribution is 2.29. The Morgan fingerprint density at radius 3 is 2.20 bits per heavy atom. The first-order valence-electron chi connectivity index (χ1n) is 7.64. The van der Waals surface area contributed by atoms with Gasteiger partial charge in [0.1, 0.15) is 0 Å². The standard InChI is InChI=1S/C18H17F3N2O2/c1-2-16(24)22-23-17(25)15-6-4-3-5-13(15)11-12-7-9-14(10-8-12)18(19,20)21/h3-10H,2,11H2,1H3,(H,22,24)(H,23,25). The molecule has 0 atom stereocenters. The first kappa shape index (κ1) is 18.5. The summed E-state index contributed by atoms with van der Waals surface area (Å²) in [5.41, 5.74) is 5.52. The highest BCUT2D eigenvalue weighted by atomic mass is 19.4. The van der Waals surface area contributed by atoms with Gasteiger partial charge >= 0.3 is 6.18 Å². The number of carbonyl (C=O) groups excluding carboxylic acids is 2. The van der Waals surface area contributed by atoms with Crippen LogP contribution in [0.5, 0.6) is 0 Å². The Labute approximate surface area is 143 Å². The van der Waals surface area contributed by atoms with E-state index in [1.165, 1.54) is 12.1 Å². The molecule has 0 aliphatic rings. The van der Waals surface area contributed by atoms with Gasteiger partial charge in [0.15, 0.2) is 0 Å². The fourth-order valence-corrected chi connectivity index (χ4v) is 2.21. The minimum Gasteiger partial charge on any atom is -0.273 e. The smallest absolute Gasteiger partial charge is 0.273 e. The van der Waals surface area contributed by atoms with E-state index < -0.39 is 17.6 Å². The minimum atomic E-state index is -4.38. The van der Waals surface area contributed by atoms with E-state index >= 15 is 0 Å². The molecule has 0 fully saturated rings. The van der Waals surface area contributed by atoms with E-state index in [1.807, 2.05) is 0 Å². The summed E-state index contributed by atoms with van der Waals surface area (Å²) in [7, 11) is 0. The van der Waals surface area contributed by atoms with Crippen molar-refractivity contribution in [2.24, 2.45) is 0 Å². The number of hydrazine groups is 1. The Balaban J connectivity index is 2.15. The van der Waals surface area contributed by atoms with Crippen LogP contribution in [-0.4, -0.2) is 11.8 Å². The van der Waals surface area contributed by atoms with Crippen LogP contribution >= 0.6 is 0 Å². The van der Waals surface area contributed by atoms with E-state index in [9.17, 15) is 22.8 Å². The van der Waals surface area contributed by atoms with Crippen molar-refractivity contribution in [2.45, 2.75) is 25.9 Å². The van der Waals surface area contributed by atoms with Gasteiger partial charge in [-0.3, -0.25) is 20.4 Å². The number of alkyl halides is 3. The van der Waals surface area contributed by atoms with E-state index in [2.05, 4.69) is 10.9 Å². The SMILES string of the molecule is CCC(=O)NNC(=O)c1ccccc1Cc1ccc(C(F)(F)F)cc1. The molecule has 0 heterocycles. The van der Waals surface area contributed by atoms with Crippen molar-refractivity contribution >= 4 is 11.8 Å². The molecule has 2 amide bonds. The molecule has 2 aromatic carbocycles. The van der Waals surface area contributed by atoms with Crippen molar-refractivity contribution in [3.63, 3.8) is 0 Å². The third kappa shape index (κ3) is 5.07. The molecule has 0 aromatic heterocycles. The number of amides is 2. The van der Waals surface area contributed by atoms with Gasteiger partial charge in [-0.15, -0.1) is 0 Å². The van der Waals surface area contributed by atoms with Crippen LogP contribution in [0.25, 0.3) is 0 Å². The molecule has 0 aliphatic carbocycles. The maximum atomic E-state index is 12.6. The lowest BCUT2D eigenvalue weighted by Crippen LogP contribution is -2.41. The van der Waals surface area contributed by atoms with Crippen LogP contribution in [0.3, 0.4) is 0 Å². The molecule has 0 spiro atoms. The molecule has 2 rings (SSSR count). The highest BCUT2D eigenvalue weighted by Gasteiger charge is 2.29. The largest absolute Gasteiger partial charge is 0.416 e. The quantitative estimate of drug-likeness (QED) is 0.830. The molecule has 2 N–H and O–H groups in total. The van der Waals surface area contributed by atoms with Crippen LogP contribution in [0.1, 0.15) is 40.4 Å². The zero-order valence-electron chi connectivity index (χ0n) is 13.5. The summed E-state index contributed by atoms with van der Waals surface area (Å²) in [6.45, 7) is 1.65. The summed E-state index contributed by atoms with van der Waals surface area (Å²) < 4.78 is 37.8. The Bertz CT molecular complexity index is 756. The second-order valence-electron chi connectivity index (χ2n) is 5.38. The van der Waals surface area contributed by atoms with Crippen LogP contribution < -0.4 is 10.9 Å². The maximum absolute atomic E-state index is 12.6. The molecular weight excluding hydrogens is 333 g/mol. The number of hydrogen-bond donors (Lipinski definition) is 2. The maximum Gasteiger partial charge on any atom is 0.416 e. The molecule has 4 nitrogen and oxygen atoms in total. The zero-order valence-corrected chi connectivity index (χ0v) is 13.5. The van der Waals surface area contributed by atoms with Gasteiger partial charge < -0.3 is 0 Å². The summed E-state index contributed by atoms with van der Waals surface area (Å²) in [5, 5.41) is 0. The molecule has 2 aromatic rings. The molecule has 0 aliphatic heterocycles. The van der Waals surface area contributed by atoms with Crippen LogP contribution in [0.2, 0.25) is 0 Å². The van der Waals surface area contributed by atoms with Crippen LogP contribution in [0.4, 0.5) is 13.2 Å². The Morgan fingerprint density at radius 1 is 0.960 bits per heavy atom. The normalized spacial score (nSPS) is 11.0. The molecule has 0 saturated heterocycles. The average molecular weight is 350 g/mol. The number of carbonyl (C=O) groups is 2. The average Bonchev–Trinajstić information content (AvgIpc) is 2.59. The minimum absolute atomic E-state index is 0.230. The summed E-state index contributed by atoms with van der Waals surface area (Å²) in [5.74, 6) is -0.808. The van der Waals surface area contributed by atoms with E-state index in [0.717, 1.165) is 12.1 Å². The first-order chi connectivity index (χ1) is 11.8. The third-order valence-corrected chi connectivity index (χ3v) is 3.57. The summed E-state index contributed by atoms with van der Waals surface area (Å²) in [6.07, 6.45) is -3.86. The van der Waals surface area contributed by atoms with Gasteiger partial charge in [-0.1, -0.05) is 37.3 Å². The van der Waals surface area contributed by atoms with Gasteiger partial charge in [0, 0.05) is 12.0 Å². The second-order valence-corrected chi connectivity index (χ2v) is 5.38. The number of benzene rings is 2. The van der Waals surface area contributed by atoms with Gasteiger partial charge in [0.05, 0.1) is 5.56 Å². The Morgan fingerprint density at radius 2 is 1.60 bits per heavy atom. The fourth-order valence-electron chi connectivity index (χ4n) is 2.21. The van der Waals surface area contributed by atoms with Crippen LogP contribution in [0.15, 0.2) is 48.5 Å². The molecule has 0 unspecified atom stereocenters. The number of nitrogens with one attached hydrogen (secondary N) is 2. The predicted octanol–water partition coefficient (Wildman–Crippen LogP) is 3.47. The molecule has 132 valence electrons. The lowest BCUT2D eigenvalue weighted by Gasteiger charge is -2.12. The molecule has 25 heavy (non-hydrogen) atoms. The van der Waals surface area contributed by atoms with Gasteiger partial charge in [0.2, 0.25) is 5.91 Å². The van der Waals surface area contributed by atoms with Crippen molar-refractivity contribution < 1.29 is 22.8 Å². The lowest BCUT2D eigenvalue weighted by atomic mass is 9.98. The first-order valence-corrected chi connectivity index (χ1v) is 7.64. The number of halogens is 3. The fraction of sp³-hybridized carbons (Fsp3) is 0.222. The molecule has 0 saturated carbocycles. The van der Waals surface area contributed by atoms with Gasteiger partial charge in [0.25, 0.3) is 5.91 Å². The topological polar surface area (TPSA) is 58.2 Å². The molecule has 0 radical (unpaired) electrons. The van der Waals surface area contributed by atoms with Gasteiger partial charge in [-0.2, -0.15) is 13.2 Å². The van der Waals surface area contributed by atoms with Crippen molar-refractivity contribution in [2.75, 3.05) is 0 Å². The number of hydrogen-bond acceptors (Lipinski definition) is 2. The summed E-state index contributed by atoms with van der Waals surface area (Å²) in [6, 6.07) is 11.5. The Hall–Kier alpha value is -2.83. The summed E-state index contributed by atoms with van der Waals surface area (Å²) in [4.78, 5) is 23.4. The van der Waals surface area contributed by atoms with Crippen LogP contribution in [-0.2, 0) is 17.4 Å². The van der Waals surface area contributed by atoms with E-state index in [-0.39, 0.29) is 12.3 Å².